The van der Waals surface area contributed by atoms with Gasteiger partial charge in [0.25, 0.3) is 0 Å². The molecule has 0 radical (unpaired) electrons. The molecular formula is C14H30IN3. The van der Waals surface area contributed by atoms with Gasteiger partial charge in [-0.05, 0) is 24.7 Å². The Bertz CT molecular complexity index is 231. The minimum atomic E-state index is 0. The van der Waals surface area contributed by atoms with Crippen LogP contribution in [0.5, 0.6) is 0 Å². The Kier molecular flexibility index (Phi) is 9.87. The van der Waals surface area contributed by atoms with Gasteiger partial charge in [-0.15, -0.1) is 24.0 Å². The third-order valence-corrected chi connectivity index (χ3v) is 4.00. The Morgan fingerprint density at radius 3 is 2.28 bits per heavy atom. The summed E-state index contributed by atoms with van der Waals surface area (Å²) in [5.41, 5.74) is 0. The molecule has 0 atom stereocenters. The molecule has 0 aliphatic carbocycles. The van der Waals surface area contributed by atoms with E-state index in [4.69, 9.17) is 0 Å². The van der Waals surface area contributed by atoms with Crippen LogP contribution in [0.25, 0.3) is 0 Å². The summed E-state index contributed by atoms with van der Waals surface area (Å²) in [4.78, 5) is 6.81. The molecule has 0 aromatic carbocycles. The molecule has 108 valence electrons. The Morgan fingerprint density at radius 1 is 1.28 bits per heavy atom. The fourth-order valence-electron chi connectivity index (χ4n) is 2.37. The molecular weight excluding hydrogens is 337 g/mol. The lowest BCUT2D eigenvalue weighted by atomic mass is 9.99. The van der Waals surface area contributed by atoms with E-state index < -0.39 is 0 Å². The Hall–Kier alpha value is 0. The predicted octanol–water partition coefficient (Wildman–Crippen LogP) is 3.35. The molecule has 1 aliphatic heterocycles. The summed E-state index contributed by atoms with van der Waals surface area (Å²) >= 11 is 0. The average molecular weight is 367 g/mol. The highest BCUT2D eigenvalue weighted by Crippen LogP contribution is 2.16. The van der Waals surface area contributed by atoms with Crippen LogP contribution in [0.2, 0.25) is 0 Å². The third-order valence-electron chi connectivity index (χ3n) is 4.00. The van der Waals surface area contributed by atoms with Gasteiger partial charge in [-0.25, -0.2) is 0 Å². The Labute approximate surface area is 130 Å². The zero-order chi connectivity index (χ0) is 12.7. The summed E-state index contributed by atoms with van der Waals surface area (Å²) < 4.78 is 0. The van der Waals surface area contributed by atoms with Gasteiger partial charge < -0.3 is 10.2 Å². The van der Waals surface area contributed by atoms with Crippen LogP contribution in [0.3, 0.4) is 0 Å². The van der Waals surface area contributed by atoms with Crippen LogP contribution >= 0.6 is 24.0 Å². The van der Waals surface area contributed by atoms with Crippen molar-refractivity contribution in [3.63, 3.8) is 0 Å². The maximum Gasteiger partial charge on any atom is 0.193 e. The summed E-state index contributed by atoms with van der Waals surface area (Å²) in [5.74, 6) is 2.75. The molecule has 0 bridgehead atoms. The topological polar surface area (TPSA) is 27.6 Å². The summed E-state index contributed by atoms with van der Waals surface area (Å²) in [6, 6.07) is 0. The number of hydrogen-bond acceptors (Lipinski definition) is 1. The van der Waals surface area contributed by atoms with Crippen molar-refractivity contribution in [2.75, 3.05) is 26.7 Å². The highest BCUT2D eigenvalue weighted by atomic mass is 127. The fourth-order valence-corrected chi connectivity index (χ4v) is 2.37. The van der Waals surface area contributed by atoms with Gasteiger partial charge in [-0.3, -0.25) is 4.99 Å². The Morgan fingerprint density at radius 2 is 1.83 bits per heavy atom. The van der Waals surface area contributed by atoms with E-state index in [1.165, 1.54) is 25.7 Å². The maximum atomic E-state index is 4.41. The summed E-state index contributed by atoms with van der Waals surface area (Å²) in [7, 11) is 1.90. The number of nitrogens with zero attached hydrogens (tertiary/aromatic N) is 2. The maximum absolute atomic E-state index is 4.41. The molecule has 0 spiro atoms. The van der Waals surface area contributed by atoms with Crippen LogP contribution in [0.4, 0.5) is 0 Å². The van der Waals surface area contributed by atoms with E-state index in [1.807, 2.05) is 7.05 Å². The van der Waals surface area contributed by atoms with Crippen molar-refractivity contribution in [1.29, 1.82) is 0 Å². The first kappa shape index (κ1) is 18.0. The molecule has 4 heteroatoms. The molecule has 0 saturated carbocycles. The van der Waals surface area contributed by atoms with Gasteiger partial charge in [0.1, 0.15) is 0 Å². The number of piperidine rings is 1. The highest BCUT2D eigenvalue weighted by molar-refractivity contribution is 14.0. The van der Waals surface area contributed by atoms with Crippen molar-refractivity contribution >= 4 is 29.9 Å². The fraction of sp³-hybridized carbons (Fsp3) is 0.929. The average Bonchev–Trinajstić information content (AvgIpc) is 2.36. The second-order valence-corrected chi connectivity index (χ2v) is 5.28. The van der Waals surface area contributed by atoms with Crippen molar-refractivity contribution in [1.82, 2.24) is 10.2 Å². The molecule has 3 nitrogen and oxygen atoms in total. The molecule has 0 aromatic rings. The number of hydrogen-bond donors (Lipinski definition) is 1. The van der Waals surface area contributed by atoms with Crippen molar-refractivity contribution in [3.8, 4) is 0 Å². The van der Waals surface area contributed by atoms with Gasteiger partial charge in [0.2, 0.25) is 0 Å². The van der Waals surface area contributed by atoms with Gasteiger partial charge in [0.15, 0.2) is 5.96 Å². The first-order valence-electron chi connectivity index (χ1n) is 7.16. The zero-order valence-corrected chi connectivity index (χ0v) is 14.7. The van der Waals surface area contributed by atoms with Gasteiger partial charge in [0.05, 0.1) is 0 Å². The van der Waals surface area contributed by atoms with E-state index in [-0.39, 0.29) is 24.0 Å². The molecule has 1 rings (SSSR count). The van der Waals surface area contributed by atoms with Crippen LogP contribution < -0.4 is 5.32 Å². The molecule has 1 heterocycles. The van der Waals surface area contributed by atoms with E-state index in [1.54, 1.807) is 0 Å². The first-order valence-corrected chi connectivity index (χ1v) is 7.16. The normalized spacial score (nSPS) is 17.8. The van der Waals surface area contributed by atoms with Crippen LogP contribution in [0.15, 0.2) is 4.99 Å². The number of aliphatic imine (C=N–C) groups is 1. The van der Waals surface area contributed by atoms with Crippen molar-refractivity contribution in [2.45, 2.75) is 46.5 Å². The second-order valence-electron chi connectivity index (χ2n) is 5.28. The van der Waals surface area contributed by atoms with Crippen LogP contribution in [0, 0.1) is 11.8 Å². The standard InChI is InChI=1S/C14H29N3.HI/c1-5-13(6-2)11-16-14(15-4)17-9-7-12(3)8-10-17;/h12-13H,5-11H2,1-4H3,(H,15,16);1H. The van der Waals surface area contributed by atoms with Gasteiger partial charge in [-0.2, -0.15) is 0 Å². The summed E-state index contributed by atoms with van der Waals surface area (Å²) in [6.07, 6.45) is 5.09. The lowest BCUT2D eigenvalue weighted by Crippen LogP contribution is -2.46. The molecule has 1 aliphatic rings. The van der Waals surface area contributed by atoms with Crippen molar-refractivity contribution in [2.24, 2.45) is 16.8 Å². The minimum Gasteiger partial charge on any atom is -0.356 e. The number of rotatable bonds is 4. The van der Waals surface area contributed by atoms with Crippen LogP contribution in [0.1, 0.15) is 46.5 Å². The molecule has 1 N–H and O–H groups in total. The van der Waals surface area contributed by atoms with Gasteiger partial charge in [0, 0.05) is 26.7 Å². The monoisotopic (exact) mass is 367 g/mol. The second kappa shape index (κ2) is 9.87. The number of likely N-dealkylation sites (tertiary alicyclic amines) is 1. The zero-order valence-electron chi connectivity index (χ0n) is 12.4. The third kappa shape index (κ3) is 5.76. The van der Waals surface area contributed by atoms with Gasteiger partial charge in [-0.1, -0.05) is 33.6 Å². The molecule has 1 fully saturated rings. The van der Waals surface area contributed by atoms with Crippen LogP contribution in [-0.2, 0) is 0 Å². The quantitative estimate of drug-likeness (QED) is 0.469. The van der Waals surface area contributed by atoms with Crippen LogP contribution in [-0.4, -0.2) is 37.5 Å². The number of guanidine groups is 1. The van der Waals surface area contributed by atoms with Crippen molar-refractivity contribution in [3.05, 3.63) is 0 Å². The molecule has 0 amide bonds. The number of nitrogens with one attached hydrogen (secondary N) is 1. The molecule has 0 aromatic heterocycles. The summed E-state index contributed by atoms with van der Waals surface area (Å²) in [5, 5.41) is 3.53. The SMILES string of the molecule is CCC(CC)CNC(=NC)N1CCC(C)CC1.I. The van der Waals surface area contributed by atoms with E-state index >= 15 is 0 Å². The Balaban J connectivity index is 0.00000289. The highest BCUT2D eigenvalue weighted by Gasteiger charge is 2.18. The van der Waals surface area contributed by atoms with E-state index in [0.29, 0.717) is 0 Å². The largest absolute Gasteiger partial charge is 0.356 e. The number of halogens is 1. The lowest BCUT2D eigenvalue weighted by Gasteiger charge is -2.33. The summed E-state index contributed by atoms with van der Waals surface area (Å²) in [6.45, 7) is 10.2. The van der Waals surface area contributed by atoms with Gasteiger partial charge >= 0.3 is 0 Å². The molecule has 0 unspecified atom stereocenters. The van der Waals surface area contributed by atoms with Crippen molar-refractivity contribution < 1.29 is 0 Å². The molecule has 1 saturated heterocycles. The van der Waals surface area contributed by atoms with E-state index in [0.717, 1.165) is 37.4 Å². The van der Waals surface area contributed by atoms with E-state index in [9.17, 15) is 0 Å². The predicted molar refractivity (Wildman–Crippen MR) is 90.8 cm³/mol. The smallest absolute Gasteiger partial charge is 0.193 e. The minimum absolute atomic E-state index is 0. The van der Waals surface area contributed by atoms with E-state index in [2.05, 4.69) is 36.0 Å². The lowest BCUT2D eigenvalue weighted by molar-refractivity contribution is 0.272. The first-order chi connectivity index (χ1) is 8.21. The molecule has 18 heavy (non-hydrogen) atoms.